The van der Waals surface area contributed by atoms with E-state index in [1.807, 2.05) is 49.4 Å². The summed E-state index contributed by atoms with van der Waals surface area (Å²) in [5, 5.41) is 0. The van der Waals surface area contributed by atoms with Crippen LogP contribution >= 0.6 is 0 Å². The van der Waals surface area contributed by atoms with E-state index in [0.29, 0.717) is 17.1 Å². The van der Waals surface area contributed by atoms with Gasteiger partial charge in [0.05, 0.1) is 17.8 Å². The number of pyridine rings is 1. The number of aromatic nitrogens is 1. The van der Waals surface area contributed by atoms with Crippen LogP contribution in [0.5, 0.6) is 11.5 Å². The van der Waals surface area contributed by atoms with Crippen LogP contribution in [0.25, 0.3) is 11.3 Å². The highest BCUT2D eigenvalue weighted by atomic mass is 19.4. The number of hydrogen-bond donors (Lipinski definition) is 1. The van der Waals surface area contributed by atoms with Crippen molar-refractivity contribution in [1.82, 2.24) is 4.57 Å². The van der Waals surface area contributed by atoms with Gasteiger partial charge in [-0.05, 0) is 60.5 Å². The lowest BCUT2D eigenvalue weighted by molar-refractivity contribution is -0.137. The molecule has 0 saturated heterocycles. The molecule has 1 aromatic heterocycles. The van der Waals surface area contributed by atoms with Gasteiger partial charge in [0.25, 0.3) is 5.56 Å². The zero-order chi connectivity index (χ0) is 23.6. The van der Waals surface area contributed by atoms with E-state index in [9.17, 15) is 18.0 Å². The van der Waals surface area contributed by atoms with Gasteiger partial charge in [-0.25, -0.2) is 0 Å². The molecule has 168 valence electrons. The van der Waals surface area contributed by atoms with Crippen LogP contribution in [0.2, 0.25) is 0 Å². The minimum Gasteiger partial charge on any atom is -0.457 e. The zero-order valence-corrected chi connectivity index (χ0v) is 17.8. The van der Waals surface area contributed by atoms with Crippen LogP contribution < -0.4 is 16.0 Å². The summed E-state index contributed by atoms with van der Waals surface area (Å²) in [5.74, 6) is 1.15. The topological polar surface area (TPSA) is 57.2 Å². The van der Waals surface area contributed by atoms with Gasteiger partial charge in [-0.1, -0.05) is 48.0 Å². The third-order valence-electron chi connectivity index (χ3n) is 5.23. The van der Waals surface area contributed by atoms with Crippen molar-refractivity contribution in [3.63, 3.8) is 0 Å². The van der Waals surface area contributed by atoms with Crippen molar-refractivity contribution >= 4 is 5.69 Å². The maximum Gasteiger partial charge on any atom is 0.418 e. The van der Waals surface area contributed by atoms with Gasteiger partial charge in [0.15, 0.2) is 0 Å². The van der Waals surface area contributed by atoms with Crippen molar-refractivity contribution in [2.24, 2.45) is 0 Å². The van der Waals surface area contributed by atoms with Crippen molar-refractivity contribution in [1.29, 1.82) is 0 Å². The summed E-state index contributed by atoms with van der Waals surface area (Å²) in [5.41, 5.74) is 5.14. The Morgan fingerprint density at radius 3 is 2.09 bits per heavy atom. The van der Waals surface area contributed by atoms with Crippen molar-refractivity contribution < 1.29 is 17.9 Å². The number of alkyl halides is 3. The lowest BCUT2D eigenvalue weighted by Gasteiger charge is -2.18. The standard InChI is InChI=1S/C26H21F3N2O2/c1-17-7-9-18(10-8-17)16-31-23(15-22(26(27,28)29)24(30)25(31)32)19-11-13-21(14-12-19)33-20-5-3-2-4-6-20/h2-15H,16,30H2,1H3. The zero-order valence-electron chi connectivity index (χ0n) is 17.8. The van der Waals surface area contributed by atoms with Gasteiger partial charge in [-0.2, -0.15) is 13.2 Å². The van der Waals surface area contributed by atoms with Gasteiger partial charge in [-0.3, -0.25) is 4.79 Å². The Bertz CT molecular complexity index is 1310. The molecule has 0 amide bonds. The third-order valence-corrected chi connectivity index (χ3v) is 5.23. The number of nitrogen functional groups attached to an aromatic ring is 1. The van der Waals surface area contributed by atoms with Crippen LogP contribution in [0, 0.1) is 6.92 Å². The predicted octanol–water partition coefficient (Wildman–Crippen LogP) is 6.27. The molecule has 0 aliphatic rings. The Labute approximate surface area is 188 Å². The molecule has 0 atom stereocenters. The molecule has 2 N–H and O–H groups in total. The average Bonchev–Trinajstić information content (AvgIpc) is 2.79. The van der Waals surface area contributed by atoms with Gasteiger partial charge in [0.1, 0.15) is 17.2 Å². The fourth-order valence-corrected chi connectivity index (χ4v) is 3.49. The van der Waals surface area contributed by atoms with Crippen LogP contribution in [0.3, 0.4) is 0 Å². The van der Waals surface area contributed by atoms with Crippen molar-refractivity contribution in [2.75, 3.05) is 5.73 Å². The molecule has 7 heteroatoms. The molecule has 0 unspecified atom stereocenters. The van der Waals surface area contributed by atoms with E-state index in [-0.39, 0.29) is 12.2 Å². The molecule has 1 heterocycles. The fraction of sp³-hybridized carbons (Fsp3) is 0.115. The first kappa shape index (κ1) is 22.2. The molecule has 33 heavy (non-hydrogen) atoms. The lowest BCUT2D eigenvalue weighted by atomic mass is 10.1. The minimum absolute atomic E-state index is 0.0824. The SMILES string of the molecule is Cc1ccc(Cn2c(-c3ccc(Oc4ccccc4)cc3)cc(C(F)(F)F)c(N)c2=O)cc1. The number of hydrogen-bond acceptors (Lipinski definition) is 3. The maximum absolute atomic E-state index is 13.6. The Hall–Kier alpha value is -4.00. The lowest BCUT2D eigenvalue weighted by Crippen LogP contribution is -2.28. The van der Waals surface area contributed by atoms with E-state index < -0.39 is 23.0 Å². The average molecular weight is 450 g/mol. The van der Waals surface area contributed by atoms with Crippen molar-refractivity contribution in [3.05, 3.63) is 112 Å². The number of nitrogens with zero attached hydrogens (tertiary/aromatic N) is 1. The van der Waals surface area contributed by atoms with E-state index >= 15 is 0 Å². The molecule has 0 bridgehead atoms. The van der Waals surface area contributed by atoms with Gasteiger partial charge >= 0.3 is 6.18 Å². The van der Waals surface area contributed by atoms with Gasteiger partial charge in [-0.15, -0.1) is 0 Å². The number of benzene rings is 3. The number of para-hydroxylation sites is 1. The van der Waals surface area contributed by atoms with Gasteiger partial charge < -0.3 is 15.0 Å². The summed E-state index contributed by atoms with van der Waals surface area (Å²) >= 11 is 0. The second kappa shape index (κ2) is 8.86. The summed E-state index contributed by atoms with van der Waals surface area (Å²) < 4.78 is 47.8. The van der Waals surface area contributed by atoms with E-state index in [2.05, 4.69) is 0 Å². The fourth-order valence-electron chi connectivity index (χ4n) is 3.49. The Balaban J connectivity index is 1.78. The quantitative estimate of drug-likeness (QED) is 0.390. The number of nitrogens with two attached hydrogens (primary N) is 1. The van der Waals surface area contributed by atoms with E-state index in [1.165, 1.54) is 4.57 Å². The smallest absolute Gasteiger partial charge is 0.418 e. The van der Waals surface area contributed by atoms with Gasteiger partial charge in [0.2, 0.25) is 0 Å². The number of rotatable bonds is 5. The summed E-state index contributed by atoms with van der Waals surface area (Å²) in [4.78, 5) is 12.9. The van der Waals surface area contributed by atoms with Crippen LogP contribution in [0.1, 0.15) is 16.7 Å². The molecular weight excluding hydrogens is 429 g/mol. The minimum atomic E-state index is -4.75. The first-order valence-electron chi connectivity index (χ1n) is 10.2. The van der Waals surface area contributed by atoms with Crippen molar-refractivity contribution in [3.8, 4) is 22.8 Å². The normalized spacial score (nSPS) is 11.4. The van der Waals surface area contributed by atoms with E-state index in [0.717, 1.165) is 17.2 Å². The summed E-state index contributed by atoms with van der Waals surface area (Å²) in [6.07, 6.45) is -4.75. The molecule has 0 aliphatic carbocycles. The first-order chi connectivity index (χ1) is 15.7. The number of halogens is 3. The van der Waals surface area contributed by atoms with E-state index in [4.69, 9.17) is 10.5 Å². The maximum atomic E-state index is 13.6. The molecular formula is C26H21F3N2O2. The van der Waals surface area contributed by atoms with Crippen LogP contribution in [0.4, 0.5) is 18.9 Å². The van der Waals surface area contributed by atoms with Crippen LogP contribution in [0.15, 0.2) is 89.7 Å². The highest BCUT2D eigenvalue weighted by molar-refractivity contribution is 5.65. The largest absolute Gasteiger partial charge is 0.457 e. The first-order valence-corrected chi connectivity index (χ1v) is 10.2. The third kappa shape index (κ3) is 4.92. The second-order valence-electron chi connectivity index (χ2n) is 7.67. The number of ether oxygens (including phenoxy) is 1. The predicted molar refractivity (Wildman–Crippen MR) is 122 cm³/mol. The molecule has 4 rings (SSSR count). The van der Waals surface area contributed by atoms with Crippen LogP contribution in [-0.2, 0) is 12.7 Å². The monoisotopic (exact) mass is 450 g/mol. The molecule has 4 nitrogen and oxygen atoms in total. The molecule has 4 aromatic rings. The molecule has 0 saturated carbocycles. The Morgan fingerprint density at radius 1 is 0.879 bits per heavy atom. The molecule has 0 radical (unpaired) electrons. The summed E-state index contributed by atoms with van der Waals surface area (Å²) in [6, 6.07) is 24.0. The molecule has 0 fully saturated rings. The Morgan fingerprint density at radius 2 is 1.48 bits per heavy atom. The molecule has 3 aromatic carbocycles. The van der Waals surface area contributed by atoms with E-state index in [1.54, 1.807) is 36.4 Å². The van der Waals surface area contributed by atoms with Crippen LogP contribution in [-0.4, -0.2) is 4.57 Å². The summed E-state index contributed by atoms with van der Waals surface area (Å²) in [7, 11) is 0. The molecule has 0 aliphatic heterocycles. The summed E-state index contributed by atoms with van der Waals surface area (Å²) in [6.45, 7) is 2.01. The number of aryl methyl sites for hydroxylation is 1. The highest BCUT2D eigenvalue weighted by Gasteiger charge is 2.35. The Kier molecular flexibility index (Phi) is 5.96. The number of anilines is 1. The second-order valence-corrected chi connectivity index (χ2v) is 7.67. The molecule has 0 spiro atoms. The van der Waals surface area contributed by atoms with Crippen molar-refractivity contribution in [2.45, 2.75) is 19.6 Å². The highest BCUT2D eigenvalue weighted by Crippen LogP contribution is 2.35. The van der Waals surface area contributed by atoms with Gasteiger partial charge in [0, 0.05) is 0 Å².